The number of aromatic nitrogens is 1. The van der Waals surface area contributed by atoms with Crippen molar-refractivity contribution >= 4 is 17.7 Å². The summed E-state index contributed by atoms with van der Waals surface area (Å²) in [5.74, 6) is -2.20. The lowest BCUT2D eigenvalue weighted by Crippen LogP contribution is -2.53. The number of aliphatic hydroxyl groups excluding tert-OH is 1. The first-order valence-corrected chi connectivity index (χ1v) is 10.5. The van der Waals surface area contributed by atoms with Crippen molar-refractivity contribution in [3.63, 3.8) is 0 Å². The summed E-state index contributed by atoms with van der Waals surface area (Å²) < 4.78 is 12.5. The molecule has 0 bridgehead atoms. The Hall–Kier alpha value is -3.71. The van der Waals surface area contributed by atoms with Crippen LogP contribution < -0.4 is 0 Å². The Morgan fingerprint density at radius 2 is 1.45 bits per heavy atom. The summed E-state index contributed by atoms with van der Waals surface area (Å²) in [6, 6.07) is 18.1. The molecule has 1 atom stereocenters. The van der Waals surface area contributed by atoms with Crippen LogP contribution in [0.1, 0.15) is 42.3 Å². The number of ether oxygens (including phenoxy) is 2. The van der Waals surface area contributed by atoms with Crippen LogP contribution in [0.2, 0.25) is 0 Å². The number of nitrogens with zero attached hydrogens (tertiary/aromatic N) is 1. The first-order valence-electron chi connectivity index (χ1n) is 10.5. The van der Waals surface area contributed by atoms with Crippen LogP contribution in [0.25, 0.3) is 0 Å². The molecule has 0 aliphatic carbocycles. The van der Waals surface area contributed by atoms with Gasteiger partial charge < -0.3 is 19.1 Å². The molecule has 2 aromatic carbocycles. The van der Waals surface area contributed by atoms with E-state index in [0.29, 0.717) is 11.1 Å². The van der Waals surface area contributed by atoms with Crippen LogP contribution >= 0.6 is 0 Å². The minimum atomic E-state index is -2.03. The van der Waals surface area contributed by atoms with Gasteiger partial charge in [-0.1, -0.05) is 54.6 Å². The quantitative estimate of drug-likeness (QED) is 0.321. The van der Waals surface area contributed by atoms with E-state index in [0.717, 1.165) is 0 Å². The third-order valence-corrected chi connectivity index (χ3v) is 4.97. The predicted molar refractivity (Wildman–Crippen MR) is 121 cm³/mol. The molecule has 0 saturated heterocycles. The van der Waals surface area contributed by atoms with Gasteiger partial charge >= 0.3 is 11.9 Å². The first-order chi connectivity index (χ1) is 15.7. The van der Waals surface area contributed by atoms with E-state index in [4.69, 9.17) is 9.47 Å². The minimum Gasteiger partial charge on any atom is -0.457 e. The molecule has 1 aromatic heterocycles. The Kier molecular flexibility index (Phi) is 7.13. The van der Waals surface area contributed by atoms with E-state index < -0.39 is 35.5 Å². The molecule has 0 saturated carbocycles. The molecule has 1 unspecified atom stereocenters. The van der Waals surface area contributed by atoms with E-state index in [1.807, 2.05) is 0 Å². The van der Waals surface area contributed by atoms with Gasteiger partial charge in [-0.25, -0.2) is 9.59 Å². The topological polar surface area (TPSA) is 94.8 Å². The summed E-state index contributed by atoms with van der Waals surface area (Å²) in [7, 11) is 0. The van der Waals surface area contributed by atoms with Crippen molar-refractivity contribution in [2.24, 2.45) is 0 Å². The molecule has 0 aliphatic heterocycles. The van der Waals surface area contributed by atoms with Gasteiger partial charge in [-0.05, 0) is 38.5 Å². The zero-order valence-corrected chi connectivity index (χ0v) is 18.9. The molecule has 0 fully saturated rings. The van der Waals surface area contributed by atoms with Crippen LogP contribution in [0, 0.1) is 0 Å². The van der Waals surface area contributed by atoms with Crippen LogP contribution in [0.3, 0.4) is 0 Å². The highest BCUT2D eigenvalue weighted by atomic mass is 16.6. The number of Topliss-reactive ketones (excluding diaryl/α,β-unsaturated/α-hetero) is 1. The molecule has 7 nitrogen and oxygen atoms in total. The highest BCUT2D eigenvalue weighted by Crippen LogP contribution is 2.32. The van der Waals surface area contributed by atoms with Crippen LogP contribution in [0.4, 0.5) is 0 Å². The SMILES string of the molecule is CC(C)(C)OC(=O)C(C(=O)OCC(=O)c1ccccc1)(c1ccc(CO)cc1)n1cccc1. The Morgan fingerprint density at radius 3 is 2.00 bits per heavy atom. The molecule has 3 rings (SSSR count). The Morgan fingerprint density at radius 1 is 0.848 bits per heavy atom. The third-order valence-electron chi connectivity index (χ3n) is 4.97. The summed E-state index contributed by atoms with van der Waals surface area (Å²) in [5, 5.41) is 9.41. The smallest absolute Gasteiger partial charge is 0.349 e. The van der Waals surface area contributed by atoms with Crippen LogP contribution in [-0.2, 0) is 31.2 Å². The lowest BCUT2D eigenvalue weighted by molar-refractivity contribution is -0.174. The van der Waals surface area contributed by atoms with E-state index in [2.05, 4.69) is 0 Å². The lowest BCUT2D eigenvalue weighted by atomic mass is 9.88. The molecule has 33 heavy (non-hydrogen) atoms. The van der Waals surface area contributed by atoms with Crippen LogP contribution in [0.5, 0.6) is 0 Å². The van der Waals surface area contributed by atoms with Gasteiger partial charge in [0.2, 0.25) is 0 Å². The zero-order chi connectivity index (χ0) is 24.1. The number of hydrogen-bond donors (Lipinski definition) is 1. The monoisotopic (exact) mass is 449 g/mol. The number of carbonyl (C=O) groups is 3. The molecule has 0 spiro atoms. The average molecular weight is 450 g/mol. The molecule has 0 amide bonds. The fraction of sp³-hybridized carbons (Fsp3) is 0.269. The maximum Gasteiger partial charge on any atom is 0.349 e. The average Bonchev–Trinajstić information content (AvgIpc) is 3.33. The van der Waals surface area contributed by atoms with Crippen molar-refractivity contribution in [2.45, 2.75) is 38.5 Å². The lowest BCUT2D eigenvalue weighted by Gasteiger charge is -2.34. The summed E-state index contributed by atoms with van der Waals surface area (Å²) in [6.45, 7) is 4.36. The number of hydrogen-bond acceptors (Lipinski definition) is 6. The van der Waals surface area contributed by atoms with Crippen molar-refractivity contribution in [1.82, 2.24) is 4.57 Å². The first kappa shape index (κ1) is 23.9. The Balaban J connectivity index is 2.06. The van der Waals surface area contributed by atoms with Crippen molar-refractivity contribution < 1.29 is 29.0 Å². The van der Waals surface area contributed by atoms with Crippen molar-refractivity contribution in [3.05, 3.63) is 95.8 Å². The minimum absolute atomic E-state index is 0.195. The maximum absolute atomic E-state index is 13.6. The Bertz CT molecular complexity index is 1100. The van der Waals surface area contributed by atoms with E-state index in [1.165, 1.54) is 4.57 Å². The number of carbonyl (C=O) groups excluding carboxylic acids is 3. The molecule has 1 N–H and O–H groups in total. The molecule has 172 valence electrons. The second kappa shape index (κ2) is 9.83. The van der Waals surface area contributed by atoms with Crippen LogP contribution in [0.15, 0.2) is 79.1 Å². The van der Waals surface area contributed by atoms with Gasteiger partial charge in [0, 0.05) is 23.5 Å². The number of rotatable bonds is 8. The van der Waals surface area contributed by atoms with Crippen molar-refractivity contribution in [2.75, 3.05) is 6.61 Å². The van der Waals surface area contributed by atoms with Crippen molar-refractivity contribution in [3.8, 4) is 0 Å². The van der Waals surface area contributed by atoms with Gasteiger partial charge in [0.25, 0.3) is 5.54 Å². The number of aliphatic hydroxyl groups is 1. The van der Waals surface area contributed by atoms with Gasteiger partial charge in [-0.3, -0.25) is 4.79 Å². The third kappa shape index (κ3) is 5.21. The van der Waals surface area contributed by atoms with Gasteiger partial charge in [-0.2, -0.15) is 0 Å². The predicted octanol–water partition coefficient (Wildman–Crippen LogP) is 3.49. The second-order valence-corrected chi connectivity index (χ2v) is 8.52. The van der Waals surface area contributed by atoms with Gasteiger partial charge in [0.1, 0.15) is 5.60 Å². The summed E-state index contributed by atoms with van der Waals surface area (Å²) in [5.41, 5.74) is -1.64. The summed E-state index contributed by atoms with van der Waals surface area (Å²) in [6.07, 6.45) is 3.12. The summed E-state index contributed by atoms with van der Waals surface area (Å²) in [4.78, 5) is 39.8. The largest absolute Gasteiger partial charge is 0.457 e. The Labute approximate surface area is 192 Å². The second-order valence-electron chi connectivity index (χ2n) is 8.52. The molecule has 0 aliphatic rings. The van der Waals surface area contributed by atoms with Gasteiger partial charge in [0.15, 0.2) is 12.4 Å². The van der Waals surface area contributed by atoms with E-state index in [9.17, 15) is 19.5 Å². The van der Waals surface area contributed by atoms with E-state index >= 15 is 0 Å². The number of esters is 2. The molecule has 7 heteroatoms. The number of benzene rings is 2. The van der Waals surface area contributed by atoms with Crippen molar-refractivity contribution in [1.29, 1.82) is 0 Å². The molecular formula is C26H27NO6. The zero-order valence-electron chi connectivity index (χ0n) is 18.9. The number of ketones is 1. The van der Waals surface area contributed by atoms with E-state index in [1.54, 1.807) is 99.9 Å². The normalized spacial score (nSPS) is 13.1. The fourth-order valence-electron chi connectivity index (χ4n) is 3.38. The highest BCUT2D eigenvalue weighted by Gasteiger charge is 2.53. The van der Waals surface area contributed by atoms with Gasteiger partial charge in [0.05, 0.1) is 6.61 Å². The molecule has 3 aromatic rings. The molecule has 1 heterocycles. The standard InChI is InChI=1S/C26H27NO6/c1-25(2,3)33-24(31)26(27-15-7-8-16-27,21-13-11-19(17-28)12-14-21)23(30)32-18-22(29)20-9-5-4-6-10-20/h4-16,28H,17-18H2,1-3H3. The molecule has 0 radical (unpaired) electrons. The fourth-order valence-corrected chi connectivity index (χ4v) is 3.38. The maximum atomic E-state index is 13.6. The van der Waals surface area contributed by atoms with Gasteiger partial charge in [-0.15, -0.1) is 0 Å². The summed E-state index contributed by atoms with van der Waals surface area (Å²) >= 11 is 0. The highest BCUT2D eigenvalue weighted by molar-refractivity contribution is 6.07. The molecular weight excluding hydrogens is 422 g/mol. The van der Waals surface area contributed by atoms with E-state index in [-0.39, 0.29) is 12.2 Å². The van der Waals surface area contributed by atoms with Crippen LogP contribution in [-0.4, -0.2) is 39.6 Å².